The van der Waals surface area contributed by atoms with Gasteiger partial charge >= 0.3 is 0 Å². The van der Waals surface area contributed by atoms with Crippen LogP contribution in [0.1, 0.15) is 42.3 Å². The number of methoxy groups -OCH3 is 3. The van der Waals surface area contributed by atoms with Gasteiger partial charge in [0.15, 0.2) is 11.5 Å². The molecule has 2 N–H and O–H groups in total. The van der Waals surface area contributed by atoms with E-state index in [0.717, 1.165) is 12.8 Å². The van der Waals surface area contributed by atoms with E-state index in [0.29, 0.717) is 47.4 Å². The monoisotopic (exact) mass is 403 g/mol. The zero-order valence-corrected chi connectivity index (χ0v) is 16.7. The van der Waals surface area contributed by atoms with Crippen molar-refractivity contribution in [3.63, 3.8) is 0 Å². The number of fused-ring (bicyclic) bond motifs is 1. The zero-order chi connectivity index (χ0) is 20.5. The largest absolute Gasteiger partial charge is 0.493 e. The summed E-state index contributed by atoms with van der Waals surface area (Å²) in [7, 11) is 4.60. The van der Waals surface area contributed by atoms with E-state index in [1.807, 2.05) is 6.07 Å². The fourth-order valence-electron chi connectivity index (χ4n) is 4.27. The smallest absolute Gasteiger partial charge is 0.270 e. The number of ether oxygens (including phenoxy) is 4. The molecule has 0 unspecified atom stereocenters. The molecule has 0 saturated carbocycles. The Morgan fingerprint density at radius 3 is 2.41 bits per heavy atom. The molecule has 0 bridgehead atoms. The topological polar surface area (TPSA) is 104 Å². The molecule has 1 saturated heterocycles. The standard InChI is InChI=1S/C20H25N3O6/c1-26-14-5-4-12(17(27-2)18(14)28-3)13-10-15(24)21-19-16(13)20(25)22-23(19)11-6-8-29-9-7-11/h4-5,11,13H,6-10H2,1-3H3,(H,21,24)(H,22,25)/t13-/m0/s1. The lowest BCUT2D eigenvalue weighted by Crippen LogP contribution is -2.28. The van der Waals surface area contributed by atoms with E-state index >= 15 is 0 Å². The second-order valence-corrected chi connectivity index (χ2v) is 7.15. The Balaban J connectivity index is 1.85. The number of anilines is 1. The minimum Gasteiger partial charge on any atom is -0.493 e. The fraction of sp³-hybridized carbons (Fsp3) is 0.500. The van der Waals surface area contributed by atoms with Crippen LogP contribution in [0, 0.1) is 0 Å². The summed E-state index contributed by atoms with van der Waals surface area (Å²) in [5, 5.41) is 5.82. The summed E-state index contributed by atoms with van der Waals surface area (Å²) in [5.74, 6) is 1.32. The van der Waals surface area contributed by atoms with Gasteiger partial charge in [-0.2, -0.15) is 0 Å². The molecule has 2 aliphatic heterocycles. The van der Waals surface area contributed by atoms with Crippen molar-refractivity contribution in [2.24, 2.45) is 0 Å². The van der Waals surface area contributed by atoms with Gasteiger partial charge in [0.25, 0.3) is 5.56 Å². The van der Waals surface area contributed by atoms with E-state index in [-0.39, 0.29) is 23.9 Å². The summed E-state index contributed by atoms with van der Waals surface area (Å²) >= 11 is 0. The molecule has 0 aliphatic carbocycles. The molecule has 1 atom stereocenters. The molecular formula is C20H25N3O6. The lowest BCUT2D eigenvalue weighted by atomic mass is 9.86. The van der Waals surface area contributed by atoms with Gasteiger partial charge in [-0.3, -0.25) is 19.4 Å². The van der Waals surface area contributed by atoms with Crippen molar-refractivity contribution in [2.45, 2.75) is 31.2 Å². The number of rotatable bonds is 5. The first-order valence-electron chi connectivity index (χ1n) is 9.59. The zero-order valence-electron chi connectivity index (χ0n) is 16.7. The Morgan fingerprint density at radius 1 is 1.03 bits per heavy atom. The summed E-state index contributed by atoms with van der Waals surface area (Å²) in [6.45, 7) is 1.25. The number of nitrogens with one attached hydrogen (secondary N) is 2. The highest BCUT2D eigenvalue weighted by Crippen LogP contribution is 2.47. The lowest BCUT2D eigenvalue weighted by Gasteiger charge is -2.29. The normalized spacial score (nSPS) is 19.4. The molecule has 1 aromatic carbocycles. The number of H-pyrrole nitrogens is 1. The predicted molar refractivity (Wildman–Crippen MR) is 105 cm³/mol. The van der Waals surface area contributed by atoms with E-state index in [9.17, 15) is 9.59 Å². The minimum atomic E-state index is -0.460. The predicted octanol–water partition coefficient (Wildman–Crippen LogP) is 2.03. The Morgan fingerprint density at radius 2 is 1.76 bits per heavy atom. The van der Waals surface area contributed by atoms with Gasteiger partial charge in [-0.15, -0.1) is 0 Å². The van der Waals surface area contributed by atoms with Crippen LogP contribution in [0.15, 0.2) is 16.9 Å². The number of hydrogen-bond acceptors (Lipinski definition) is 6. The molecule has 29 heavy (non-hydrogen) atoms. The highest BCUT2D eigenvalue weighted by atomic mass is 16.5. The molecule has 1 fully saturated rings. The van der Waals surface area contributed by atoms with Crippen LogP contribution < -0.4 is 25.1 Å². The van der Waals surface area contributed by atoms with Crippen molar-refractivity contribution in [1.82, 2.24) is 9.78 Å². The molecule has 9 heteroatoms. The van der Waals surface area contributed by atoms with E-state index in [2.05, 4.69) is 10.4 Å². The first kappa shape index (κ1) is 19.4. The van der Waals surface area contributed by atoms with Crippen molar-refractivity contribution >= 4 is 11.7 Å². The van der Waals surface area contributed by atoms with Crippen LogP contribution in [-0.4, -0.2) is 50.2 Å². The van der Waals surface area contributed by atoms with Crippen molar-refractivity contribution in [3.8, 4) is 17.2 Å². The van der Waals surface area contributed by atoms with Gasteiger partial charge in [-0.1, -0.05) is 6.07 Å². The maximum atomic E-state index is 12.9. The van der Waals surface area contributed by atoms with Gasteiger partial charge in [-0.05, 0) is 18.9 Å². The Kier molecular flexibility index (Phi) is 5.23. The second-order valence-electron chi connectivity index (χ2n) is 7.15. The van der Waals surface area contributed by atoms with Crippen LogP contribution >= 0.6 is 0 Å². The van der Waals surface area contributed by atoms with E-state index in [1.165, 1.54) is 14.2 Å². The van der Waals surface area contributed by atoms with Crippen molar-refractivity contribution < 1.29 is 23.7 Å². The van der Waals surface area contributed by atoms with Crippen molar-refractivity contribution in [2.75, 3.05) is 39.9 Å². The van der Waals surface area contributed by atoms with Crippen LogP contribution in [0.4, 0.5) is 5.82 Å². The Bertz CT molecular complexity index is 973. The van der Waals surface area contributed by atoms with Crippen molar-refractivity contribution in [1.29, 1.82) is 0 Å². The maximum absolute atomic E-state index is 12.9. The minimum absolute atomic E-state index is 0.0755. The number of amides is 1. The molecule has 2 aliphatic rings. The molecule has 0 spiro atoms. The van der Waals surface area contributed by atoms with Crippen LogP contribution in [0.3, 0.4) is 0 Å². The molecule has 2 aromatic rings. The number of carbonyl (C=O) groups excluding carboxylic acids is 1. The first-order valence-corrected chi connectivity index (χ1v) is 9.59. The number of benzene rings is 1. The van der Waals surface area contributed by atoms with E-state index < -0.39 is 5.92 Å². The lowest BCUT2D eigenvalue weighted by molar-refractivity contribution is -0.116. The second kappa shape index (κ2) is 7.82. The van der Waals surface area contributed by atoms with E-state index in [1.54, 1.807) is 17.9 Å². The number of nitrogens with zero attached hydrogens (tertiary/aromatic N) is 1. The molecule has 9 nitrogen and oxygen atoms in total. The average molecular weight is 403 g/mol. The molecule has 4 rings (SSSR count). The average Bonchev–Trinajstić information content (AvgIpc) is 3.08. The van der Waals surface area contributed by atoms with Crippen molar-refractivity contribution in [3.05, 3.63) is 33.6 Å². The molecule has 1 amide bonds. The SMILES string of the molecule is COc1ccc([C@@H]2CC(=O)Nc3c2c(=O)[nH]n3C2CCOCC2)c(OC)c1OC. The number of carbonyl (C=O) groups is 1. The van der Waals surface area contributed by atoms with Gasteiger partial charge in [0, 0.05) is 31.1 Å². The number of aromatic amines is 1. The maximum Gasteiger partial charge on any atom is 0.270 e. The summed E-state index contributed by atoms with van der Waals surface area (Å²) in [5.41, 5.74) is 1.02. The third-order valence-corrected chi connectivity index (χ3v) is 5.62. The van der Waals surface area contributed by atoms with Crippen LogP contribution in [0.2, 0.25) is 0 Å². The molecule has 1 aromatic heterocycles. The van der Waals surface area contributed by atoms with Gasteiger partial charge in [-0.25, -0.2) is 0 Å². The van der Waals surface area contributed by atoms with Gasteiger partial charge in [0.05, 0.1) is 32.9 Å². The Hall–Kier alpha value is -2.94. The summed E-state index contributed by atoms with van der Waals surface area (Å²) in [6.07, 6.45) is 1.69. The summed E-state index contributed by atoms with van der Waals surface area (Å²) in [4.78, 5) is 25.5. The van der Waals surface area contributed by atoms with Gasteiger partial charge < -0.3 is 24.3 Å². The van der Waals surface area contributed by atoms with Gasteiger partial charge in [0.1, 0.15) is 5.82 Å². The van der Waals surface area contributed by atoms with Crippen LogP contribution in [0.5, 0.6) is 17.2 Å². The summed E-state index contributed by atoms with van der Waals surface area (Å²) in [6, 6.07) is 3.65. The quantitative estimate of drug-likeness (QED) is 0.792. The number of hydrogen-bond donors (Lipinski definition) is 2. The van der Waals surface area contributed by atoms with Gasteiger partial charge in [0.2, 0.25) is 11.7 Å². The highest BCUT2D eigenvalue weighted by Gasteiger charge is 2.36. The first-order chi connectivity index (χ1) is 14.1. The van der Waals surface area contributed by atoms with Crippen LogP contribution in [0.25, 0.3) is 0 Å². The van der Waals surface area contributed by atoms with E-state index in [4.69, 9.17) is 18.9 Å². The highest BCUT2D eigenvalue weighted by molar-refractivity contribution is 5.94. The number of aromatic nitrogens is 2. The van der Waals surface area contributed by atoms with Crippen LogP contribution in [-0.2, 0) is 9.53 Å². The molecule has 0 radical (unpaired) electrons. The fourth-order valence-corrected chi connectivity index (χ4v) is 4.27. The third kappa shape index (κ3) is 3.25. The Labute approximate surface area is 167 Å². The molecule has 3 heterocycles. The third-order valence-electron chi connectivity index (χ3n) is 5.62. The summed E-state index contributed by atoms with van der Waals surface area (Å²) < 4.78 is 23.6. The molecular weight excluding hydrogens is 378 g/mol. The molecule has 156 valence electrons.